The summed E-state index contributed by atoms with van der Waals surface area (Å²) in [5, 5.41) is 0. The molecule has 0 bridgehead atoms. The standard InChI is InChI=1S/C12H17NO2/c1-9-6-4-5-7-10(9)11(14)15-8-12(2,3)13/h4-7H,8,13H2,1-3H3. The highest BCUT2D eigenvalue weighted by Crippen LogP contribution is 2.09. The SMILES string of the molecule is Cc1ccccc1C(=O)OCC(C)(C)N. The van der Waals surface area contributed by atoms with E-state index in [1.165, 1.54) is 0 Å². The van der Waals surface area contributed by atoms with Crippen LogP contribution in [0.4, 0.5) is 0 Å². The molecule has 0 radical (unpaired) electrons. The van der Waals surface area contributed by atoms with Crippen LogP contribution in [-0.4, -0.2) is 18.1 Å². The molecule has 0 unspecified atom stereocenters. The van der Waals surface area contributed by atoms with Crippen LogP contribution in [-0.2, 0) is 4.74 Å². The van der Waals surface area contributed by atoms with Crippen molar-refractivity contribution in [2.45, 2.75) is 26.3 Å². The van der Waals surface area contributed by atoms with Gasteiger partial charge in [0.15, 0.2) is 0 Å². The van der Waals surface area contributed by atoms with Crippen LogP contribution in [0.3, 0.4) is 0 Å². The summed E-state index contributed by atoms with van der Waals surface area (Å²) in [5.41, 5.74) is 6.75. The van der Waals surface area contributed by atoms with E-state index in [9.17, 15) is 4.79 Å². The Morgan fingerprint density at radius 2 is 2.00 bits per heavy atom. The van der Waals surface area contributed by atoms with Gasteiger partial charge in [0.05, 0.1) is 5.56 Å². The van der Waals surface area contributed by atoms with Crippen molar-refractivity contribution >= 4 is 5.97 Å². The Morgan fingerprint density at radius 3 is 2.53 bits per heavy atom. The number of hydrogen-bond donors (Lipinski definition) is 1. The summed E-state index contributed by atoms with van der Waals surface area (Å²) in [6.45, 7) is 5.74. The van der Waals surface area contributed by atoms with Crippen LogP contribution in [0.2, 0.25) is 0 Å². The third-order valence-corrected chi connectivity index (χ3v) is 1.94. The molecular weight excluding hydrogens is 190 g/mol. The van der Waals surface area contributed by atoms with Crippen LogP contribution in [0.1, 0.15) is 29.8 Å². The molecule has 3 nitrogen and oxygen atoms in total. The highest BCUT2D eigenvalue weighted by Gasteiger charge is 2.16. The van der Waals surface area contributed by atoms with Gasteiger partial charge in [-0.15, -0.1) is 0 Å². The molecule has 1 aromatic rings. The van der Waals surface area contributed by atoms with E-state index in [4.69, 9.17) is 10.5 Å². The van der Waals surface area contributed by atoms with E-state index in [-0.39, 0.29) is 12.6 Å². The summed E-state index contributed by atoms with van der Waals surface area (Å²) in [4.78, 5) is 11.6. The number of nitrogens with two attached hydrogens (primary N) is 1. The maximum absolute atomic E-state index is 11.6. The summed E-state index contributed by atoms with van der Waals surface area (Å²) in [7, 11) is 0. The van der Waals surface area contributed by atoms with Crippen molar-refractivity contribution < 1.29 is 9.53 Å². The summed E-state index contributed by atoms with van der Waals surface area (Å²) in [6.07, 6.45) is 0. The van der Waals surface area contributed by atoms with E-state index < -0.39 is 5.54 Å². The van der Waals surface area contributed by atoms with Gasteiger partial charge in [-0.2, -0.15) is 0 Å². The second-order valence-corrected chi connectivity index (χ2v) is 4.38. The lowest BCUT2D eigenvalue weighted by molar-refractivity contribution is 0.0432. The Kier molecular flexibility index (Phi) is 3.48. The van der Waals surface area contributed by atoms with Gasteiger partial charge >= 0.3 is 5.97 Å². The smallest absolute Gasteiger partial charge is 0.338 e. The Balaban J connectivity index is 2.66. The third kappa shape index (κ3) is 3.72. The largest absolute Gasteiger partial charge is 0.460 e. The average molecular weight is 207 g/mol. The molecule has 1 rings (SSSR count). The summed E-state index contributed by atoms with van der Waals surface area (Å²) in [5.74, 6) is -0.313. The van der Waals surface area contributed by atoms with E-state index in [1.807, 2.05) is 39.0 Å². The van der Waals surface area contributed by atoms with Crippen molar-refractivity contribution in [1.82, 2.24) is 0 Å². The van der Waals surface area contributed by atoms with Crippen molar-refractivity contribution in [2.75, 3.05) is 6.61 Å². The predicted molar refractivity (Wildman–Crippen MR) is 59.7 cm³/mol. The summed E-state index contributed by atoms with van der Waals surface area (Å²) < 4.78 is 5.11. The zero-order valence-electron chi connectivity index (χ0n) is 9.41. The molecule has 3 heteroatoms. The van der Waals surface area contributed by atoms with E-state index in [0.29, 0.717) is 5.56 Å². The number of aryl methyl sites for hydroxylation is 1. The third-order valence-electron chi connectivity index (χ3n) is 1.94. The molecule has 0 aliphatic heterocycles. The zero-order chi connectivity index (χ0) is 11.5. The van der Waals surface area contributed by atoms with Crippen LogP contribution in [0.5, 0.6) is 0 Å². The number of carbonyl (C=O) groups is 1. The second kappa shape index (κ2) is 4.45. The monoisotopic (exact) mass is 207 g/mol. The predicted octanol–water partition coefficient (Wildman–Crippen LogP) is 1.89. The Bertz CT molecular complexity index is 353. The first-order valence-electron chi connectivity index (χ1n) is 4.92. The lowest BCUT2D eigenvalue weighted by Gasteiger charge is -2.18. The van der Waals surface area contributed by atoms with Crippen molar-refractivity contribution in [1.29, 1.82) is 0 Å². The Labute approximate surface area is 90.2 Å². The number of esters is 1. The summed E-state index contributed by atoms with van der Waals surface area (Å²) >= 11 is 0. The van der Waals surface area contributed by atoms with E-state index >= 15 is 0 Å². The molecule has 0 atom stereocenters. The minimum atomic E-state index is -0.488. The van der Waals surface area contributed by atoms with Gasteiger partial charge in [0.1, 0.15) is 6.61 Å². The van der Waals surface area contributed by atoms with Crippen molar-refractivity contribution in [3.63, 3.8) is 0 Å². The van der Waals surface area contributed by atoms with Crippen molar-refractivity contribution in [3.05, 3.63) is 35.4 Å². The number of benzene rings is 1. The quantitative estimate of drug-likeness (QED) is 0.770. The molecule has 0 aromatic heterocycles. The molecule has 0 spiro atoms. The molecule has 0 aliphatic rings. The molecule has 15 heavy (non-hydrogen) atoms. The van der Waals surface area contributed by atoms with Crippen LogP contribution < -0.4 is 5.73 Å². The van der Waals surface area contributed by atoms with Crippen molar-refractivity contribution in [3.8, 4) is 0 Å². The lowest BCUT2D eigenvalue weighted by Crippen LogP contribution is -2.38. The van der Waals surface area contributed by atoms with E-state index in [0.717, 1.165) is 5.56 Å². The van der Waals surface area contributed by atoms with E-state index in [2.05, 4.69) is 0 Å². The first-order valence-corrected chi connectivity index (χ1v) is 4.92. The molecule has 0 aliphatic carbocycles. The molecule has 0 saturated carbocycles. The van der Waals surface area contributed by atoms with Gasteiger partial charge in [-0.05, 0) is 32.4 Å². The van der Waals surface area contributed by atoms with Crippen LogP contribution >= 0.6 is 0 Å². The number of hydrogen-bond acceptors (Lipinski definition) is 3. The number of ether oxygens (including phenoxy) is 1. The molecule has 0 amide bonds. The molecule has 1 aromatic carbocycles. The molecule has 0 heterocycles. The maximum Gasteiger partial charge on any atom is 0.338 e. The summed E-state index contributed by atoms with van der Waals surface area (Å²) in [6, 6.07) is 7.33. The van der Waals surface area contributed by atoms with Crippen LogP contribution in [0.15, 0.2) is 24.3 Å². The van der Waals surface area contributed by atoms with Gasteiger partial charge in [-0.3, -0.25) is 0 Å². The van der Waals surface area contributed by atoms with Gasteiger partial charge in [-0.25, -0.2) is 4.79 Å². The second-order valence-electron chi connectivity index (χ2n) is 4.38. The fraction of sp³-hybridized carbons (Fsp3) is 0.417. The maximum atomic E-state index is 11.6. The van der Waals surface area contributed by atoms with Gasteiger partial charge in [0, 0.05) is 5.54 Å². The van der Waals surface area contributed by atoms with Crippen LogP contribution in [0, 0.1) is 6.92 Å². The zero-order valence-corrected chi connectivity index (χ0v) is 9.41. The highest BCUT2D eigenvalue weighted by atomic mass is 16.5. The topological polar surface area (TPSA) is 52.3 Å². The molecular formula is C12H17NO2. The normalized spacial score (nSPS) is 11.2. The van der Waals surface area contributed by atoms with Gasteiger partial charge in [0.25, 0.3) is 0 Å². The van der Waals surface area contributed by atoms with E-state index in [1.54, 1.807) is 6.07 Å². The molecule has 2 N–H and O–H groups in total. The Morgan fingerprint density at radius 1 is 1.40 bits per heavy atom. The number of carbonyl (C=O) groups excluding carboxylic acids is 1. The first kappa shape index (κ1) is 11.7. The van der Waals surface area contributed by atoms with Gasteiger partial charge < -0.3 is 10.5 Å². The highest BCUT2D eigenvalue weighted by molar-refractivity contribution is 5.90. The van der Waals surface area contributed by atoms with Gasteiger partial charge in [-0.1, -0.05) is 18.2 Å². The first-order chi connectivity index (χ1) is 6.90. The lowest BCUT2D eigenvalue weighted by atomic mass is 10.1. The van der Waals surface area contributed by atoms with Crippen LogP contribution in [0.25, 0.3) is 0 Å². The molecule has 82 valence electrons. The minimum absolute atomic E-state index is 0.222. The Hall–Kier alpha value is -1.35. The molecule has 0 fully saturated rings. The number of rotatable bonds is 3. The fourth-order valence-electron chi connectivity index (χ4n) is 1.13. The van der Waals surface area contributed by atoms with Crippen molar-refractivity contribution in [2.24, 2.45) is 5.73 Å². The fourth-order valence-corrected chi connectivity index (χ4v) is 1.13. The molecule has 0 saturated heterocycles. The average Bonchev–Trinajstić information content (AvgIpc) is 2.14. The van der Waals surface area contributed by atoms with Gasteiger partial charge in [0.2, 0.25) is 0 Å². The minimum Gasteiger partial charge on any atom is -0.460 e.